The van der Waals surface area contributed by atoms with E-state index >= 15 is 0 Å². The Bertz CT molecular complexity index is 543. The van der Waals surface area contributed by atoms with Crippen LogP contribution in [-0.2, 0) is 0 Å². The van der Waals surface area contributed by atoms with Crippen LogP contribution in [0.5, 0.6) is 11.5 Å². The van der Waals surface area contributed by atoms with Gasteiger partial charge in [0.25, 0.3) is 0 Å². The van der Waals surface area contributed by atoms with E-state index in [2.05, 4.69) is 10.0 Å². The summed E-state index contributed by atoms with van der Waals surface area (Å²) in [6.07, 6.45) is -1.80. The predicted octanol–water partition coefficient (Wildman–Crippen LogP) is 1.61. The monoisotopic (exact) mass is 295 g/mol. The molecule has 0 heterocycles. The second kappa shape index (κ2) is 8.11. The van der Waals surface area contributed by atoms with Gasteiger partial charge in [0.2, 0.25) is 0 Å². The molecule has 114 valence electrons. The average molecular weight is 295 g/mol. The normalized spacial score (nSPS) is 13.0. The van der Waals surface area contributed by atoms with Gasteiger partial charge in [-0.15, -0.1) is 0 Å². The third-order valence-corrected chi connectivity index (χ3v) is 2.94. The lowest BCUT2D eigenvalue weighted by Crippen LogP contribution is -2.20. The average Bonchev–Trinajstić information content (AvgIpc) is 2.52. The molecule has 1 aromatic rings. The molecule has 8 nitrogen and oxygen atoms in total. The largest absolute Gasteiger partial charge is 0.493 e. The number of azide groups is 1. The Morgan fingerprint density at radius 3 is 2.62 bits per heavy atom. The summed E-state index contributed by atoms with van der Waals surface area (Å²) in [4.78, 5) is 13.5. The van der Waals surface area contributed by atoms with Gasteiger partial charge in [0.15, 0.2) is 11.5 Å². The third-order valence-electron chi connectivity index (χ3n) is 2.94. The van der Waals surface area contributed by atoms with E-state index in [0.29, 0.717) is 6.29 Å². The van der Waals surface area contributed by atoms with Crippen LogP contribution in [0, 0.1) is 0 Å². The second-order valence-electron chi connectivity index (χ2n) is 4.22. The first-order valence-corrected chi connectivity index (χ1v) is 6.17. The molecular weight excluding hydrogens is 278 g/mol. The molecule has 1 aromatic carbocycles. The minimum Gasteiger partial charge on any atom is -0.493 e. The van der Waals surface area contributed by atoms with Gasteiger partial charge in [-0.1, -0.05) is 5.11 Å². The van der Waals surface area contributed by atoms with Gasteiger partial charge in [-0.25, -0.2) is 0 Å². The third kappa shape index (κ3) is 4.09. The quantitative estimate of drug-likeness (QED) is 0.326. The SMILES string of the molecule is COc1cc(C=O)cc(C(O)C(O)CCN=[N+]=[N-])c1OC. The number of methoxy groups -OCH3 is 2. The highest BCUT2D eigenvalue weighted by atomic mass is 16.5. The summed E-state index contributed by atoms with van der Waals surface area (Å²) >= 11 is 0. The number of benzene rings is 1. The molecule has 0 radical (unpaired) electrons. The van der Waals surface area contributed by atoms with Crippen molar-refractivity contribution in [1.29, 1.82) is 0 Å². The number of nitrogens with zero attached hydrogens (tertiary/aromatic N) is 3. The molecule has 21 heavy (non-hydrogen) atoms. The number of hydrogen-bond acceptors (Lipinski definition) is 6. The van der Waals surface area contributed by atoms with Crippen molar-refractivity contribution in [3.05, 3.63) is 33.7 Å². The van der Waals surface area contributed by atoms with E-state index in [-0.39, 0.29) is 35.6 Å². The van der Waals surface area contributed by atoms with Crippen molar-refractivity contribution in [3.8, 4) is 11.5 Å². The van der Waals surface area contributed by atoms with Crippen LogP contribution in [0.3, 0.4) is 0 Å². The van der Waals surface area contributed by atoms with E-state index < -0.39 is 12.2 Å². The fourth-order valence-electron chi connectivity index (χ4n) is 1.90. The summed E-state index contributed by atoms with van der Waals surface area (Å²) in [5, 5.41) is 23.4. The van der Waals surface area contributed by atoms with Gasteiger partial charge in [-0.3, -0.25) is 4.79 Å². The van der Waals surface area contributed by atoms with Crippen LogP contribution >= 0.6 is 0 Å². The Morgan fingerprint density at radius 2 is 2.10 bits per heavy atom. The van der Waals surface area contributed by atoms with E-state index in [1.807, 2.05) is 0 Å². The first-order valence-electron chi connectivity index (χ1n) is 6.17. The van der Waals surface area contributed by atoms with Crippen molar-refractivity contribution >= 4 is 6.29 Å². The molecule has 1 rings (SSSR count). The molecule has 0 spiro atoms. The molecule has 0 aliphatic heterocycles. The highest BCUT2D eigenvalue weighted by Crippen LogP contribution is 2.37. The van der Waals surface area contributed by atoms with E-state index in [9.17, 15) is 15.0 Å². The topological polar surface area (TPSA) is 125 Å². The van der Waals surface area contributed by atoms with E-state index in [1.54, 1.807) is 0 Å². The molecule has 0 aliphatic rings. The van der Waals surface area contributed by atoms with Crippen LogP contribution < -0.4 is 9.47 Å². The Balaban J connectivity index is 3.13. The van der Waals surface area contributed by atoms with Gasteiger partial charge in [0.05, 0.1) is 20.3 Å². The molecular formula is C13H17N3O5. The van der Waals surface area contributed by atoms with Gasteiger partial charge in [-0.05, 0) is 24.1 Å². The summed E-state index contributed by atoms with van der Waals surface area (Å²) < 4.78 is 10.3. The summed E-state index contributed by atoms with van der Waals surface area (Å²) in [5.41, 5.74) is 8.70. The van der Waals surface area contributed by atoms with E-state index in [4.69, 9.17) is 15.0 Å². The van der Waals surface area contributed by atoms with Gasteiger partial charge < -0.3 is 19.7 Å². The maximum absolute atomic E-state index is 10.9. The van der Waals surface area contributed by atoms with Crippen LogP contribution in [-0.4, -0.2) is 43.4 Å². The molecule has 0 fully saturated rings. The van der Waals surface area contributed by atoms with E-state index in [0.717, 1.165) is 0 Å². The van der Waals surface area contributed by atoms with Crippen molar-refractivity contribution in [2.45, 2.75) is 18.6 Å². The lowest BCUT2D eigenvalue weighted by molar-refractivity contribution is 0.0135. The smallest absolute Gasteiger partial charge is 0.166 e. The summed E-state index contributed by atoms with van der Waals surface area (Å²) in [7, 11) is 2.79. The van der Waals surface area contributed by atoms with Crippen LogP contribution in [0.4, 0.5) is 0 Å². The van der Waals surface area contributed by atoms with Crippen molar-refractivity contribution in [2.75, 3.05) is 20.8 Å². The van der Waals surface area contributed by atoms with Crippen molar-refractivity contribution in [2.24, 2.45) is 5.11 Å². The molecule has 0 bridgehead atoms. The number of carbonyl (C=O) groups is 1. The maximum Gasteiger partial charge on any atom is 0.166 e. The zero-order valence-corrected chi connectivity index (χ0v) is 11.8. The number of aliphatic hydroxyl groups is 2. The fourth-order valence-corrected chi connectivity index (χ4v) is 1.90. The van der Waals surface area contributed by atoms with Crippen LogP contribution in [0.2, 0.25) is 0 Å². The standard InChI is InChI=1S/C13H17N3O5/c1-20-11-6-8(7-17)5-9(13(11)21-2)12(19)10(18)3-4-15-16-14/h5-7,10,12,18-19H,3-4H2,1-2H3. The number of rotatable bonds is 8. The Labute approximate surface area is 121 Å². The Hall–Kier alpha value is -2.28. The summed E-state index contributed by atoms with van der Waals surface area (Å²) in [6, 6.07) is 2.88. The summed E-state index contributed by atoms with van der Waals surface area (Å²) in [5.74, 6) is 0.511. The summed E-state index contributed by atoms with van der Waals surface area (Å²) in [6.45, 7) is 0.0432. The van der Waals surface area contributed by atoms with Crippen molar-refractivity contribution in [1.82, 2.24) is 0 Å². The predicted molar refractivity (Wildman–Crippen MR) is 74.5 cm³/mol. The van der Waals surface area contributed by atoms with Crippen LogP contribution in [0.25, 0.3) is 10.4 Å². The molecule has 8 heteroatoms. The minimum absolute atomic E-state index is 0.0432. The molecule has 2 N–H and O–H groups in total. The molecule has 0 aromatic heterocycles. The number of aldehydes is 1. The fraction of sp³-hybridized carbons (Fsp3) is 0.462. The van der Waals surface area contributed by atoms with Gasteiger partial charge in [-0.2, -0.15) is 0 Å². The highest BCUT2D eigenvalue weighted by Gasteiger charge is 2.24. The molecule has 2 atom stereocenters. The maximum atomic E-state index is 10.9. The zero-order chi connectivity index (χ0) is 15.8. The molecule has 0 aliphatic carbocycles. The zero-order valence-electron chi connectivity index (χ0n) is 11.8. The first kappa shape index (κ1) is 16.8. The number of ether oxygens (including phenoxy) is 2. The highest BCUT2D eigenvalue weighted by molar-refractivity contribution is 5.77. The van der Waals surface area contributed by atoms with Crippen molar-refractivity contribution in [3.63, 3.8) is 0 Å². The van der Waals surface area contributed by atoms with Crippen LogP contribution in [0.1, 0.15) is 28.4 Å². The number of aliphatic hydroxyl groups excluding tert-OH is 2. The van der Waals surface area contributed by atoms with Gasteiger partial charge >= 0.3 is 0 Å². The first-order chi connectivity index (χ1) is 10.1. The number of hydrogen-bond donors (Lipinski definition) is 2. The molecule has 0 saturated carbocycles. The lowest BCUT2D eigenvalue weighted by atomic mass is 9.98. The second-order valence-corrected chi connectivity index (χ2v) is 4.22. The molecule has 0 amide bonds. The van der Waals surface area contributed by atoms with Gasteiger partial charge in [0, 0.05) is 22.6 Å². The van der Waals surface area contributed by atoms with Gasteiger partial charge in [0.1, 0.15) is 12.4 Å². The minimum atomic E-state index is -1.30. The Kier molecular flexibility index (Phi) is 6.48. The molecule has 2 unspecified atom stereocenters. The molecule has 0 saturated heterocycles. The Morgan fingerprint density at radius 1 is 1.38 bits per heavy atom. The lowest BCUT2D eigenvalue weighted by Gasteiger charge is -2.21. The van der Waals surface area contributed by atoms with Crippen LogP contribution in [0.15, 0.2) is 17.2 Å². The number of carbonyl (C=O) groups excluding carboxylic acids is 1. The van der Waals surface area contributed by atoms with E-state index in [1.165, 1.54) is 26.4 Å². The van der Waals surface area contributed by atoms with Crippen molar-refractivity contribution < 1.29 is 24.5 Å².